The van der Waals surface area contributed by atoms with Gasteiger partial charge in [0.1, 0.15) is 0 Å². The van der Waals surface area contributed by atoms with Crippen molar-refractivity contribution in [3.05, 3.63) is 169 Å². The lowest BCUT2D eigenvalue weighted by molar-refractivity contribution is 1.12. The van der Waals surface area contributed by atoms with E-state index in [1.807, 2.05) is 0 Å². The summed E-state index contributed by atoms with van der Waals surface area (Å²) in [5.41, 5.74) is 13.3. The predicted octanol–water partition coefficient (Wildman–Crippen LogP) is 11.5. The van der Waals surface area contributed by atoms with Crippen LogP contribution in [0, 0.1) is 6.92 Å². The van der Waals surface area contributed by atoms with E-state index in [1.165, 1.54) is 77.1 Å². The van der Waals surface area contributed by atoms with Crippen LogP contribution in [0.3, 0.4) is 0 Å². The third kappa shape index (κ3) is 4.11. The van der Waals surface area contributed by atoms with Crippen molar-refractivity contribution in [3.8, 4) is 33.6 Å². The predicted molar refractivity (Wildman–Crippen MR) is 191 cm³/mol. The van der Waals surface area contributed by atoms with Crippen molar-refractivity contribution in [2.75, 3.05) is 0 Å². The van der Waals surface area contributed by atoms with Gasteiger partial charge in [-0.05, 0) is 89.3 Å². The smallest absolute Gasteiger partial charge is 0.0541 e. The van der Waals surface area contributed by atoms with Crippen molar-refractivity contribution in [3.63, 3.8) is 0 Å². The molecular weight excluding hydrogens is 544 g/mol. The highest BCUT2D eigenvalue weighted by molar-refractivity contribution is 6.12. The fraction of sp³-hybridized carbons (Fsp3) is 0.0233. The minimum absolute atomic E-state index is 1.16. The molecule has 0 unspecified atom stereocenters. The number of hydrogen-bond donors (Lipinski definition) is 0. The third-order valence-corrected chi connectivity index (χ3v) is 9.12. The Labute approximate surface area is 262 Å². The molecule has 0 aliphatic rings. The lowest BCUT2D eigenvalue weighted by atomic mass is 10.0. The van der Waals surface area contributed by atoms with E-state index in [-0.39, 0.29) is 0 Å². The number of rotatable bonds is 4. The van der Waals surface area contributed by atoms with Gasteiger partial charge in [0.05, 0.1) is 22.1 Å². The van der Waals surface area contributed by atoms with E-state index in [0.29, 0.717) is 0 Å². The van der Waals surface area contributed by atoms with Crippen molar-refractivity contribution >= 4 is 43.6 Å². The Hall–Kier alpha value is -5.86. The average molecular weight is 575 g/mol. The normalized spacial score (nSPS) is 11.7. The highest BCUT2D eigenvalue weighted by Crippen LogP contribution is 2.39. The van der Waals surface area contributed by atoms with E-state index >= 15 is 0 Å². The molecule has 0 saturated carbocycles. The number of para-hydroxylation sites is 2. The highest BCUT2D eigenvalue weighted by atomic mass is 15.0. The zero-order chi connectivity index (χ0) is 29.9. The molecule has 0 amide bonds. The Bertz CT molecular complexity index is 2380. The SMILES string of the molecule is Cc1cc(-n2c3ccccc3c3ccccc32)cc(-n2c3ccc(-c4ccccc4)cc3c3cc(-c4ccccc4)ccc32)c1. The maximum atomic E-state index is 2.44. The minimum atomic E-state index is 1.16. The number of benzene rings is 7. The molecule has 2 heteroatoms. The van der Waals surface area contributed by atoms with Gasteiger partial charge < -0.3 is 9.13 Å². The first-order chi connectivity index (χ1) is 22.2. The maximum absolute atomic E-state index is 2.44. The standard InChI is InChI=1S/C43H30N2/c1-29-24-34(44-40-18-10-8-16-36(40)37-17-9-11-19-41(37)44)28-35(25-29)45-42-22-20-32(30-12-4-2-5-13-30)26-38(42)39-27-33(21-23-43(39)45)31-14-6-3-7-15-31/h2-28H,1H3. The molecule has 7 aromatic carbocycles. The molecular formula is C43H30N2. The summed E-state index contributed by atoms with van der Waals surface area (Å²) in [5, 5.41) is 5.05. The zero-order valence-electron chi connectivity index (χ0n) is 25.0. The van der Waals surface area contributed by atoms with Crippen LogP contribution in [-0.4, -0.2) is 9.13 Å². The van der Waals surface area contributed by atoms with Crippen LogP contribution in [0.1, 0.15) is 5.56 Å². The molecule has 9 rings (SSSR count). The highest BCUT2D eigenvalue weighted by Gasteiger charge is 2.17. The molecule has 0 aliphatic heterocycles. The number of hydrogen-bond acceptors (Lipinski definition) is 0. The summed E-state index contributed by atoms with van der Waals surface area (Å²) >= 11 is 0. The van der Waals surface area contributed by atoms with Crippen molar-refractivity contribution in [2.24, 2.45) is 0 Å². The summed E-state index contributed by atoms with van der Waals surface area (Å²) in [4.78, 5) is 0. The molecule has 0 fully saturated rings. The van der Waals surface area contributed by atoms with Crippen LogP contribution >= 0.6 is 0 Å². The quantitative estimate of drug-likeness (QED) is 0.198. The van der Waals surface area contributed by atoms with Crippen LogP contribution < -0.4 is 0 Å². The van der Waals surface area contributed by atoms with Gasteiger partial charge in [-0.25, -0.2) is 0 Å². The Morgan fingerprint density at radius 3 is 1.18 bits per heavy atom. The number of aromatic nitrogens is 2. The van der Waals surface area contributed by atoms with E-state index in [1.54, 1.807) is 0 Å². The van der Waals surface area contributed by atoms with Crippen molar-refractivity contribution in [1.82, 2.24) is 9.13 Å². The van der Waals surface area contributed by atoms with Crippen molar-refractivity contribution in [2.45, 2.75) is 6.92 Å². The Kier molecular flexibility index (Phi) is 5.76. The maximum Gasteiger partial charge on any atom is 0.0541 e. The largest absolute Gasteiger partial charge is 0.309 e. The molecule has 45 heavy (non-hydrogen) atoms. The molecule has 0 saturated heterocycles. The monoisotopic (exact) mass is 574 g/mol. The van der Waals surface area contributed by atoms with Gasteiger partial charge in [0.25, 0.3) is 0 Å². The second-order valence-corrected chi connectivity index (χ2v) is 11.9. The molecule has 0 aliphatic carbocycles. The molecule has 0 atom stereocenters. The summed E-state index contributed by atoms with van der Waals surface area (Å²) < 4.78 is 4.86. The summed E-state index contributed by atoms with van der Waals surface area (Å²) in [6, 6.07) is 59.6. The first kappa shape index (κ1) is 25.6. The Morgan fingerprint density at radius 2 is 0.711 bits per heavy atom. The van der Waals surface area contributed by atoms with Gasteiger partial charge in [-0.2, -0.15) is 0 Å². The van der Waals surface area contributed by atoms with E-state index < -0.39 is 0 Å². The molecule has 0 spiro atoms. The second-order valence-electron chi connectivity index (χ2n) is 11.9. The number of nitrogens with zero attached hydrogens (tertiary/aromatic N) is 2. The van der Waals surface area contributed by atoms with Gasteiger partial charge in [0, 0.05) is 32.9 Å². The lowest BCUT2D eigenvalue weighted by Crippen LogP contribution is -2.00. The molecule has 0 N–H and O–H groups in total. The van der Waals surface area contributed by atoms with Gasteiger partial charge >= 0.3 is 0 Å². The fourth-order valence-electron chi connectivity index (χ4n) is 7.12. The first-order valence-corrected chi connectivity index (χ1v) is 15.5. The fourth-order valence-corrected chi connectivity index (χ4v) is 7.12. The van der Waals surface area contributed by atoms with Crippen LogP contribution in [0.2, 0.25) is 0 Å². The lowest BCUT2D eigenvalue weighted by Gasteiger charge is -2.14. The van der Waals surface area contributed by atoms with Gasteiger partial charge in [-0.3, -0.25) is 0 Å². The average Bonchev–Trinajstić information content (AvgIpc) is 3.61. The van der Waals surface area contributed by atoms with E-state index in [4.69, 9.17) is 0 Å². The van der Waals surface area contributed by atoms with Crippen LogP contribution in [0.15, 0.2) is 164 Å². The van der Waals surface area contributed by atoms with Crippen LogP contribution in [0.5, 0.6) is 0 Å². The molecule has 0 radical (unpaired) electrons. The molecule has 0 bridgehead atoms. The zero-order valence-corrected chi connectivity index (χ0v) is 25.0. The van der Waals surface area contributed by atoms with Crippen molar-refractivity contribution < 1.29 is 0 Å². The summed E-state index contributed by atoms with van der Waals surface area (Å²) in [6.45, 7) is 2.20. The van der Waals surface area contributed by atoms with Crippen LogP contribution in [0.25, 0.3) is 77.2 Å². The third-order valence-electron chi connectivity index (χ3n) is 9.12. The molecule has 2 heterocycles. The number of aryl methyl sites for hydroxylation is 1. The summed E-state index contributed by atoms with van der Waals surface area (Å²) in [6.07, 6.45) is 0. The van der Waals surface area contributed by atoms with Gasteiger partial charge in [-0.1, -0.05) is 109 Å². The second kappa shape index (κ2) is 10.1. The molecule has 212 valence electrons. The topological polar surface area (TPSA) is 9.86 Å². The van der Waals surface area contributed by atoms with Gasteiger partial charge in [0.15, 0.2) is 0 Å². The number of fused-ring (bicyclic) bond motifs is 6. The van der Waals surface area contributed by atoms with Crippen molar-refractivity contribution in [1.29, 1.82) is 0 Å². The molecule has 2 aromatic heterocycles. The van der Waals surface area contributed by atoms with Gasteiger partial charge in [-0.15, -0.1) is 0 Å². The van der Waals surface area contributed by atoms with Gasteiger partial charge in [0.2, 0.25) is 0 Å². The Morgan fingerprint density at radius 1 is 0.311 bits per heavy atom. The molecule has 2 nitrogen and oxygen atoms in total. The van der Waals surface area contributed by atoms with E-state index in [9.17, 15) is 0 Å². The summed E-state index contributed by atoms with van der Waals surface area (Å²) in [7, 11) is 0. The first-order valence-electron chi connectivity index (χ1n) is 15.5. The summed E-state index contributed by atoms with van der Waals surface area (Å²) in [5.74, 6) is 0. The minimum Gasteiger partial charge on any atom is -0.309 e. The Balaban J connectivity index is 1.33. The van der Waals surface area contributed by atoms with E-state index in [0.717, 1.165) is 5.69 Å². The van der Waals surface area contributed by atoms with Crippen LogP contribution in [-0.2, 0) is 0 Å². The van der Waals surface area contributed by atoms with Crippen LogP contribution in [0.4, 0.5) is 0 Å². The van der Waals surface area contributed by atoms with E-state index in [2.05, 4.69) is 180 Å². The molecule has 9 aromatic rings.